The van der Waals surface area contributed by atoms with Crippen LogP contribution in [0.3, 0.4) is 0 Å². The molecule has 0 aliphatic heterocycles. The molecule has 0 atom stereocenters. The van der Waals surface area contributed by atoms with Crippen LogP contribution in [0.15, 0.2) is 18.2 Å². The highest BCUT2D eigenvalue weighted by molar-refractivity contribution is 5.94. The standard InChI is InChI=1S/C17H26N2O2/c1-3-21-16-10-12(2)4-9-15(16)19-17(20)14-7-5-13(11-18)6-8-14/h4,9-10,13-14H,3,5-8,11,18H2,1-2H3,(H,19,20). The van der Waals surface area contributed by atoms with Crippen molar-refractivity contribution < 1.29 is 9.53 Å². The first-order valence-electron chi connectivity index (χ1n) is 7.88. The van der Waals surface area contributed by atoms with Crippen LogP contribution in [-0.2, 0) is 4.79 Å². The zero-order valence-electron chi connectivity index (χ0n) is 13.0. The number of carbonyl (C=O) groups is 1. The third kappa shape index (κ3) is 4.21. The normalized spacial score (nSPS) is 21.9. The zero-order chi connectivity index (χ0) is 15.2. The maximum atomic E-state index is 12.4. The fraction of sp³-hybridized carbons (Fsp3) is 0.588. The van der Waals surface area contributed by atoms with Crippen molar-refractivity contribution >= 4 is 11.6 Å². The highest BCUT2D eigenvalue weighted by Crippen LogP contribution is 2.31. The Labute approximate surface area is 127 Å². The number of aryl methyl sites for hydroxylation is 1. The highest BCUT2D eigenvalue weighted by Gasteiger charge is 2.26. The van der Waals surface area contributed by atoms with E-state index in [4.69, 9.17) is 10.5 Å². The van der Waals surface area contributed by atoms with E-state index in [-0.39, 0.29) is 11.8 Å². The number of ether oxygens (including phenoxy) is 1. The summed E-state index contributed by atoms with van der Waals surface area (Å²) < 4.78 is 5.61. The molecule has 0 unspecified atom stereocenters. The first-order chi connectivity index (χ1) is 10.1. The van der Waals surface area contributed by atoms with Crippen LogP contribution < -0.4 is 15.8 Å². The topological polar surface area (TPSA) is 64.3 Å². The van der Waals surface area contributed by atoms with Crippen LogP contribution in [0.5, 0.6) is 5.75 Å². The minimum atomic E-state index is 0.101. The molecule has 1 aromatic rings. The third-order valence-corrected chi connectivity index (χ3v) is 4.25. The van der Waals surface area contributed by atoms with Crippen LogP contribution in [0.1, 0.15) is 38.2 Å². The summed E-state index contributed by atoms with van der Waals surface area (Å²) in [4.78, 5) is 12.4. The number of nitrogens with two attached hydrogens (primary N) is 1. The molecule has 0 spiro atoms. The second-order valence-corrected chi connectivity index (χ2v) is 5.88. The van der Waals surface area contributed by atoms with E-state index in [0.717, 1.165) is 49.2 Å². The Hall–Kier alpha value is -1.55. The van der Waals surface area contributed by atoms with Crippen molar-refractivity contribution in [2.24, 2.45) is 17.6 Å². The van der Waals surface area contributed by atoms with Crippen LogP contribution in [0.25, 0.3) is 0 Å². The van der Waals surface area contributed by atoms with Gasteiger partial charge in [0.25, 0.3) is 0 Å². The van der Waals surface area contributed by atoms with Crippen molar-refractivity contribution in [3.8, 4) is 5.75 Å². The van der Waals surface area contributed by atoms with E-state index in [1.54, 1.807) is 0 Å². The lowest BCUT2D eigenvalue weighted by Crippen LogP contribution is -2.29. The van der Waals surface area contributed by atoms with Crippen molar-refractivity contribution in [1.82, 2.24) is 0 Å². The van der Waals surface area contributed by atoms with Crippen molar-refractivity contribution in [3.63, 3.8) is 0 Å². The Bertz CT molecular complexity index is 480. The average Bonchev–Trinajstić information content (AvgIpc) is 2.50. The quantitative estimate of drug-likeness (QED) is 0.876. The molecular formula is C17H26N2O2. The molecule has 4 nitrogen and oxygen atoms in total. The first-order valence-corrected chi connectivity index (χ1v) is 7.88. The largest absolute Gasteiger partial charge is 0.492 e. The molecule has 0 radical (unpaired) electrons. The smallest absolute Gasteiger partial charge is 0.227 e. The summed E-state index contributed by atoms with van der Waals surface area (Å²) in [5.74, 6) is 1.55. The Balaban J connectivity index is 1.99. The number of hydrogen-bond donors (Lipinski definition) is 2. The summed E-state index contributed by atoms with van der Waals surface area (Å²) in [5, 5.41) is 3.03. The van der Waals surface area contributed by atoms with Gasteiger partial charge in [0.1, 0.15) is 5.75 Å². The molecule has 0 bridgehead atoms. The maximum absolute atomic E-state index is 12.4. The number of amides is 1. The fourth-order valence-electron chi connectivity index (χ4n) is 2.90. The van der Waals surface area contributed by atoms with Crippen LogP contribution in [0.2, 0.25) is 0 Å². The van der Waals surface area contributed by atoms with E-state index in [9.17, 15) is 4.79 Å². The third-order valence-electron chi connectivity index (χ3n) is 4.25. The lowest BCUT2D eigenvalue weighted by molar-refractivity contribution is -0.121. The van der Waals surface area contributed by atoms with Gasteiger partial charge in [0, 0.05) is 5.92 Å². The fourth-order valence-corrected chi connectivity index (χ4v) is 2.90. The van der Waals surface area contributed by atoms with E-state index < -0.39 is 0 Å². The van der Waals surface area contributed by atoms with E-state index in [2.05, 4.69) is 5.32 Å². The van der Waals surface area contributed by atoms with Gasteiger partial charge in [-0.05, 0) is 69.7 Å². The van der Waals surface area contributed by atoms with Crippen LogP contribution >= 0.6 is 0 Å². The van der Waals surface area contributed by atoms with Gasteiger partial charge in [0.2, 0.25) is 5.91 Å². The molecule has 3 N–H and O–H groups in total. The van der Waals surface area contributed by atoms with Gasteiger partial charge in [0.05, 0.1) is 12.3 Å². The molecule has 2 rings (SSSR count). The predicted octanol–water partition coefficient (Wildman–Crippen LogP) is 3.10. The van der Waals surface area contributed by atoms with E-state index in [1.807, 2.05) is 32.0 Å². The molecule has 116 valence electrons. The van der Waals surface area contributed by atoms with Gasteiger partial charge < -0.3 is 15.8 Å². The van der Waals surface area contributed by atoms with E-state index >= 15 is 0 Å². The summed E-state index contributed by atoms with van der Waals surface area (Å²) in [7, 11) is 0. The number of hydrogen-bond acceptors (Lipinski definition) is 3. The molecule has 1 saturated carbocycles. The highest BCUT2D eigenvalue weighted by atomic mass is 16.5. The van der Waals surface area contributed by atoms with Crippen molar-refractivity contribution in [3.05, 3.63) is 23.8 Å². The number of nitrogens with one attached hydrogen (secondary N) is 1. The lowest BCUT2D eigenvalue weighted by atomic mass is 9.81. The summed E-state index contributed by atoms with van der Waals surface area (Å²) in [6.45, 7) is 5.29. The molecule has 1 aliphatic rings. The number of anilines is 1. The summed E-state index contributed by atoms with van der Waals surface area (Å²) in [6, 6.07) is 5.87. The first kappa shape index (κ1) is 15.8. The summed E-state index contributed by atoms with van der Waals surface area (Å²) >= 11 is 0. The van der Waals surface area contributed by atoms with Gasteiger partial charge in [-0.2, -0.15) is 0 Å². The van der Waals surface area contributed by atoms with Crippen molar-refractivity contribution in [2.75, 3.05) is 18.5 Å². The van der Waals surface area contributed by atoms with Gasteiger partial charge in [-0.1, -0.05) is 6.07 Å². The van der Waals surface area contributed by atoms with Gasteiger partial charge in [-0.3, -0.25) is 4.79 Å². The predicted molar refractivity (Wildman–Crippen MR) is 85.5 cm³/mol. The molecule has 1 amide bonds. The Morgan fingerprint density at radius 3 is 2.67 bits per heavy atom. The minimum absolute atomic E-state index is 0.101. The second-order valence-electron chi connectivity index (χ2n) is 5.88. The van der Waals surface area contributed by atoms with Crippen LogP contribution in [-0.4, -0.2) is 19.1 Å². The monoisotopic (exact) mass is 290 g/mol. The molecule has 1 aliphatic carbocycles. The number of rotatable bonds is 5. The molecule has 1 fully saturated rings. The summed E-state index contributed by atoms with van der Waals surface area (Å²) in [6.07, 6.45) is 3.98. The molecule has 4 heteroatoms. The second kappa shape index (κ2) is 7.46. The van der Waals surface area contributed by atoms with E-state index in [1.165, 1.54) is 0 Å². The van der Waals surface area contributed by atoms with Gasteiger partial charge in [-0.15, -0.1) is 0 Å². The molecule has 1 aromatic carbocycles. The van der Waals surface area contributed by atoms with Crippen molar-refractivity contribution in [1.29, 1.82) is 0 Å². The Morgan fingerprint density at radius 1 is 1.33 bits per heavy atom. The molecular weight excluding hydrogens is 264 g/mol. The molecule has 0 heterocycles. The Kier molecular flexibility index (Phi) is 5.62. The number of carbonyl (C=O) groups excluding carboxylic acids is 1. The van der Waals surface area contributed by atoms with Gasteiger partial charge in [-0.25, -0.2) is 0 Å². The van der Waals surface area contributed by atoms with Crippen LogP contribution in [0.4, 0.5) is 5.69 Å². The SMILES string of the molecule is CCOc1cc(C)ccc1NC(=O)C1CCC(CN)CC1. The van der Waals surface area contributed by atoms with E-state index in [0.29, 0.717) is 12.5 Å². The Morgan fingerprint density at radius 2 is 2.05 bits per heavy atom. The molecule has 0 saturated heterocycles. The minimum Gasteiger partial charge on any atom is -0.492 e. The number of benzene rings is 1. The van der Waals surface area contributed by atoms with Gasteiger partial charge in [0.15, 0.2) is 0 Å². The zero-order valence-corrected chi connectivity index (χ0v) is 13.0. The average molecular weight is 290 g/mol. The summed E-state index contributed by atoms with van der Waals surface area (Å²) in [5.41, 5.74) is 7.60. The van der Waals surface area contributed by atoms with Crippen LogP contribution in [0, 0.1) is 18.8 Å². The van der Waals surface area contributed by atoms with Gasteiger partial charge >= 0.3 is 0 Å². The maximum Gasteiger partial charge on any atom is 0.227 e. The van der Waals surface area contributed by atoms with Crippen molar-refractivity contribution in [2.45, 2.75) is 39.5 Å². The molecule has 0 aromatic heterocycles. The lowest BCUT2D eigenvalue weighted by Gasteiger charge is -2.27. The molecule has 21 heavy (non-hydrogen) atoms.